The molecule has 0 radical (unpaired) electrons. The molecule has 2 aromatic heterocycles. The largest absolute Gasteiger partial charge is 0.278 e. The Balaban J connectivity index is 1.58. The van der Waals surface area contributed by atoms with Gasteiger partial charge in [-0.15, -0.1) is 0 Å². The fraction of sp³-hybridized carbons (Fsp3) is 0. The summed E-state index contributed by atoms with van der Waals surface area (Å²) in [4.78, 5) is 10.3. The Morgan fingerprint density at radius 2 is 0.973 bits per heavy atom. The predicted molar refractivity (Wildman–Crippen MR) is 154 cm³/mol. The van der Waals surface area contributed by atoms with E-state index in [9.17, 15) is 0 Å². The van der Waals surface area contributed by atoms with Crippen molar-refractivity contribution in [1.82, 2.24) is 14.5 Å². The Kier molecular flexibility index (Phi) is 4.23. The Hall–Kier alpha value is -5.02. The zero-order valence-corrected chi connectivity index (χ0v) is 20.0. The van der Waals surface area contributed by atoms with Crippen LogP contribution in [-0.4, -0.2) is 14.5 Å². The van der Waals surface area contributed by atoms with Crippen LogP contribution in [0.5, 0.6) is 0 Å². The maximum absolute atomic E-state index is 5.23. The van der Waals surface area contributed by atoms with Crippen molar-refractivity contribution in [2.75, 3.05) is 0 Å². The molecule has 37 heavy (non-hydrogen) atoms. The van der Waals surface area contributed by atoms with Gasteiger partial charge in [-0.05, 0) is 39.7 Å². The molecule has 0 unspecified atom stereocenters. The van der Waals surface area contributed by atoms with E-state index in [1.54, 1.807) is 0 Å². The van der Waals surface area contributed by atoms with E-state index in [0.29, 0.717) is 5.95 Å². The van der Waals surface area contributed by atoms with E-state index >= 15 is 0 Å². The molecule has 0 N–H and O–H groups in total. The Morgan fingerprint density at radius 3 is 1.62 bits per heavy atom. The summed E-state index contributed by atoms with van der Waals surface area (Å²) in [6.07, 6.45) is 0. The highest BCUT2D eigenvalue weighted by Gasteiger charge is 2.20. The molecule has 0 amide bonds. The summed E-state index contributed by atoms with van der Waals surface area (Å²) in [5.41, 5.74) is 5.18. The van der Waals surface area contributed by atoms with Gasteiger partial charge in [0.25, 0.3) is 0 Å². The summed E-state index contributed by atoms with van der Waals surface area (Å²) >= 11 is 0. The normalized spacial score (nSPS) is 11.8. The first-order valence-electron chi connectivity index (χ1n) is 12.5. The molecular formula is C34H21N3. The summed E-state index contributed by atoms with van der Waals surface area (Å²) in [5.74, 6) is 0.683. The first-order chi connectivity index (χ1) is 18.4. The summed E-state index contributed by atoms with van der Waals surface area (Å²) in [5, 5.41) is 8.46. The van der Waals surface area contributed by atoms with Crippen molar-refractivity contribution in [2.24, 2.45) is 0 Å². The van der Waals surface area contributed by atoms with E-state index in [4.69, 9.17) is 9.97 Å². The molecule has 0 saturated heterocycles. The Labute approximate surface area is 213 Å². The van der Waals surface area contributed by atoms with Crippen LogP contribution in [0.1, 0.15) is 0 Å². The molecule has 0 aliphatic heterocycles. The summed E-state index contributed by atoms with van der Waals surface area (Å²) in [6, 6.07) is 44.8. The van der Waals surface area contributed by atoms with Gasteiger partial charge >= 0.3 is 0 Å². The number of fused-ring (bicyclic) bond motifs is 8. The maximum Gasteiger partial charge on any atom is 0.235 e. The van der Waals surface area contributed by atoms with Crippen molar-refractivity contribution in [1.29, 1.82) is 0 Å². The number of aromatic nitrogens is 3. The van der Waals surface area contributed by atoms with Crippen LogP contribution in [0.25, 0.3) is 71.5 Å². The zero-order valence-electron chi connectivity index (χ0n) is 20.0. The van der Waals surface area contributed by atoms with E-state index in [1.165, 1.54) is 32.3 Å². The molecule has 0 aliphatic carbocycles. The van der Waals surface area contributed by atoms with Crippen molar-refractivity contribution >= 4 is 54.3 Å². The summed E-state index contributed by atoms with van der Waals surface area (Å²) in [6.45, 7) is 0. The van der Waals surface area contributed by atoms with E-state index in [-0.39, 0.29) is 0 Å². The highest BCUT2D eigenvalue weighted by atomic mass is 15.2. The van der Waals surface area contributed by atoms with Crippen LogP contribution >= 0.6 is 0 Å². The van der Waals surface area contributed by atoms with Crippen LogP contribution < -0.4 is 0 Å². The van der Waals surface area contributed by atoms with Crippen LogP contribution in [0.2, 0.25) is 0 Å². The SMILES string of the molecule is c1ccc(-c2nc(-n3c4ccc5ccccc5c4c4c5ccccc5ccc43)nc3ccccc23)cc1. The molecule has 0 saturated carbocycles. The molecule has 0 spiro atoms. The van der Waals surface area contributed by atoms with Crippen molar-refractivity contribution < 1.29 is 0 Å². The molecule has 3 heteroatoms. The lowest BCUT2D eigenvalue weighted by molar-refractivity contribution is 1.01. The van der Waals surface area contributed by atoms with E-state index in [1.807, 2.05) is 12.1 Å². The van der Waals surface area contributed by atoms with Gasteiger partial charge < -0.3 is 0 Å². The van der Waals surface area contributed by atoms with Gasteiger partial charge in [-0.2, -0.15) is 0 Å². The van der Waals surface area contributed by atoms with Crippen LogP contribution in [-0.2, 0) is 0 Å². The lowest BCUT2D eigenvalue weighted by atomic mass is 10.00. The standard InChI is InChI=1S/C34H21N3/c1-2-12-24(13-3-1)33-27-16-8-9-17-28(27)35-34(36-33)37-29-20-18-22-10-4-6-14-25(22)31(29)32-26-15-7-5-11-23(26)19-21-30(32)37/h1-21H. The number of hydrogen-bond acceptors (Lipinski definition) is 2. The highest BCUT2D eigenvalue weighted by molar-refractivity contribution is 6.28. The Morgan fingerprint density at radius 1 is 0.432 bits per heavy atom. The second-order valence-electron chi connectivity index (χ2n) is 9.45. The number of benzene rings is 6. The highest BCUT2D eigenvalue weighted by Crippen LogP contribution is 2.40. The van der Waals surface area contributed by atoms with Gasteiger partial charge in [0, 0.05) is 21.7 Å². The molecule has 3 nitrogen and oxygen atoms in total. The lowest BCUT2D eigenvalue weighted by Crippen LogP contribution is -2.03. The minimum absolute atomic E-state index is 0.683. The molecular weight excluding hydrogens is 450 g/mol. The van der Waals surface area contributed by atoms with E-state index < -0.39 is 0 Å². The molecule has 0 aliphatic rings. The second kappa shape index (κ2) is 7.74. The topological polar surface area (TPSA) is 30.7 Å². The molecule has 172 valence electrons. The maximum atomic E-state index is 5.23. The molecule has 0 bridgehead atoms. The Bertz CT molecular complexity index is 2050. The third-order valence-corrected chi connectivity index (χ3v) is 7.38. The van der Waals surface area contributed by atoms with Gasteiger partial charge in [-0.1, -0.05) is 109 Å². The van der Waals surface area contributed by atoms with Crippen molar-refractivity contribution in [3.63, 3.8) is 0 Å². The van der Waals surface area contributed by atoms with Crippen LogP contribution in [0.15, 0.2) is 127 Å². The number of nitrogens with zero attached hydrogens (tertiary/aromatic N) is 3. The lowest BCUT2D eigenvalue weighted by Gasteiger charge is -2.12. The third-order valence-electron chi connectivity index (χ3n) is 7.38. The fourth-order valence-electron chi connectivity index (χ4n) is 5.74. The molecule has 0 fully saturated rings. The monoisotopic (exact) mass is 471 g/mol. The average Bonchev–Trinajstić information content (AvgIpc) is 3.32. The first-order valence-corrected chi connectivity index (χ1v) is 12.5. The van der Waals surface area contributed by atoms with Gasteiger partial charge in [0.2, 0.25) is 5.95 Å². The average molecular weight is 472 g/mol. The molecule has 0 atom stereocenters. The van der Waals surface area contributed by atoms with Crippen molar-refractivity contribution in [3.05, 3.63) is 127 Å². The van der Waals surface area contributed by atoms with Crippen molar-refractivity contribution in [3.8, 4) is 17.2 Å². The number of hydrogen-bond donors (Lipinski definition) is 0. The fourth-order valence-corrected chi connectivity index (χ4v) is 5.74. The van der Waals surface area contributed by atoms with E-state index in [0.717, 1.165) is 33.2 Å². The van der Waals surface area contributed by atoms with Gasteiger partial charge in [0.1, 0.15) is 0 Å². The zero-order chi connectivity index (χ0) is 24.3. The molecule has 6 aromatic carbocycles. The van der Waals surface area contributed by atoms with Gasteiger partial charge in [-0.3, -0.25) is 4.57 Å². The van der Waals surface area contributed by atoms with Gasteiger partial charge in [0.05, 0.1) is 22.2 Å². The molecule has 2 heterocycles. The van der Waals surface area contributed by atoms with Gasteiger partial charge in [0.15, 0.2) is 0 Å². The van der Waals surface area contributed by atoms with E-state index in [2.05, 4.69) is 120 Å². The smallest absolute Gasteiger partial charge is 0.235 e. The minimum Gasteiger partial charge on any atom is -0.278 e. The second-order valence-corrected chi connectivity index (χ2v) is 9.45. The third kappa shape index (κ3) is 2.95. The van der Waals surface area contributed by atoms with Crippen LogP contribution in [0.3, 0.4) is 0 Å². The quantitative estimate of drug-likeness (QED) is 0.252. The molecule has 8 rings (SSSR count). The van der Waals surface area contributed by atoms with Crippen LogP contribution in [0, 0.1) is 0 Å². The summed E-state index contributed by atoms with van der Waals surface area (Å²) < 4.78 is 2.24. The predicted octanol–water partition coefficient (Wildman–Crippen LogP) is 8.70. The molecule has 8 aromatic rings. The number of rotatable bonds is 2. The first kappa shape index (κ1) is 20.2. The van der Waals surface area contributed by atoms with Gasteiger partial charge in [-0.25, -0.2) is 9.97 Å². The minimum atomic E-state index is 0.683. The van der Waals surface area contributed by atoms with Crippen LogP contribution in [0.4, 0.5) is 0 Å². The summed E-state index contributed by atoms with van der Waals surface area (Å²) in [7, 11) is 0. The van der Waals surface area contributed by atoms with Crippen molar-refractivity contribution in [2.45, 2.75) is 0 Å². The number of para-hydroxylation sites is 1.